The molecule has 126 valence electrons. The Kier molecular flexibility index (Phi) is 8.66. The van der Waals surface area contributed by atoms with Gasteiger partial charge >= 0.3 is 7.66 Å². The van der Waals surface area contributed by atoms with Crippen LogP contribution in [0.25, 0.3) is 0 Å². The monoisotopic (exact) mass is 417 g/mol. The summed E-state index contributed by atoms with van der Waals surface area (Å²) in [6.45, 7) is 11.4. The fourth-order valence-electron chi connectivity index (χ4n) is 1.32. The van der Waals surface area contributed by atoms with Gasteiger partial charge in [0.15, 0.2) is 7.58 Å². The minimum Gasteiger partial charge on any atom is -0.322 e. The van der Waals surface area contributed by atoms with Gasteiger partial charge in [-0.05, 0) is 65.1 Å². The van der Waals surface area contributed by atoms with Crippen molar-refractivity contribution in [2.75, 3.05) is 0 Å². The minimum absolute atomic E-state index is 0.0527. The van der Waals surface area contributed by atoms with Gasteiger partial charge in [-0.25, -0.2) is 0 Å². The second-order valence-corrected chi connectivity index (χ2v) is 13.1. The fourth-order valence-corrected chi connectivity index (χ4v) is 10.9. The van der Waals surface area contributed by atoms with E-state index in [2.05, 4.69) is 4.52 Å². The summed E-state index contributed by atoms with van der Waals surface area (Å²) in [5.41, 5.74) is 0. The largest absolute Gasteiger partial charge is 0.322 e. The molecule has 0 spiro atoms. The smallest absolute Gasteiger partial charge is 0.317 e. The number of rotatable bonds is 6. The van der Waals surface area contributed by atoms with Crippen LogP contribution in [0.1, 0.15) is 41.5 Å². The van der Waals surface area contributed by atoms with Crippen molar-refractivity contribution >= 4 is 58.5 Å². The van der Waals surface area contributed by atoms with Crippen LogP contribution in [0.15, 0.2) is 4.52 Å². The van der Waals surface area contributed by atoms with E-state index >= 15 is 0 Å². The second-order valence-electron chi connectivity index (χ2n) is 5.02. The molecule has 0 radical (unpaired) electrons. The van der Waals surface area contributed by atoms with Crippen LogP contribution in [0.5, 0.6) is 0 Å². The highest BCUT2D eigenvalue weighted by Crippen LogP contribution is 2.82. The van der Waals surface area contributed by atoms with E-state index in [-0.39, 0.29) is 18.3 Å². The van der Waals surface area contributed by atoms with Crippen molar-refractivity contribution in [2.24, 2.45) is 4.52 Å². The zero-order valence-corrected chi connectivity index (χ0v) is 17.7. The average molecular weight is 419 g/mol. The summed E-state index contributed by atoms with van der Waals surface area (Å²) >= 11 is 18.9. The van der Waals surface area contributed by atoms with E-state index in [0.717, 1.165) is 0 Å². The summed E-state index contributed by atoms with van der Waals surface area (Å²) in [4.78, 5) is 0. The number of nitrogens with zero attached hydrogens (tertiary/aromatic N) is 3. The van der Waals surface area contributed by atoms with Gasteiger partial charge in [-0.15, -0.1) is 3.96 Å². The van der Waals surface area contributed by atoms with Gasteiger partial charge in [0.1, 0.15) is 0 Å². The summed E-state index contributed by atoms with van der Waals surface area (Å²) in [5, 5.41) is 0. The highest BCUT2D eigenvalue weighted by molar-refractivity contribution is 7.94. The Morgan fingerprint density at radius 1 is 0.952 bits per heavy atom. The maximum Gasteiger partial charge on any atom is 0.317 e. The van der Waals surface area contributed by atoms with Crippen molar-refractivity contribution in [1.82, 2.24) is 7.92 Å². The molecule has 1 aliphatic heterocycles. The Labute approximate surface area is 144 Å². The van der Waals surface area contributed by atoms with Crippen LogP contribution >= 0.6 is 58.5 Å². The van der Waals surface area contributed by atoms with E-state index in [1.54, 1.807) is 0 Å². The van der Waals surface area contributed by atoms with Crippen LogP contribution in [0, 0.1) is 0 Å². The van der Waals surface area contributed by atoms with Gasteiger partial charge in [0.05, 0.1) is 18.3 Å². The molecule has 0 aromatic rings. The first-order valence-corrected chi connectivity index (χ1v) is 11.9. The summed E-state index contributed by atoms with van der Waals surface area (Å²) in [5.74, 6) is 0. The molecule has 0 N–H and O–H groups in total. The Bertz CT molecular complexity index is 389. The van der Waals surface area contributed by atoms with Crippen LogP contribution in [-0.4, -0.2) is 26.2 Å². The Morgan fingerprint density at radius 2 is 1.43 bits per heavy atom. The Morgan fingerprint density at radius 3 is 1.81 bits per heavy atom. The molecule has 21 heavy (non-hydrogen) atoms. The molecule has 2 atom stereocenters. The zero-order chi connectivity index (χ0) is 16.4. The first-order chi connectivity index (χ1) is 9.59. The maximum atomic E-state index is 6.34. The molecule has 0 amide bonds. The lowest BCUT2D eigenvalue weighted by molar-refractivity contribution is 0.158. The lowest BCUT2D eigenvalue weighted by Crippen LogP contribution is -2.21. The van der Waals surface area contributed by atoms with Crippen LogP contribution in [0.3, 0.4) is 0 Å². The quantitative estimate of drug-likeness (QED) is 0.350. The van der Waals surface area contributed by atoms with Crippen LogP contribution in [-0.2, 0) is 13.6 Å². The normalized spacial score (nSPS) is 27.6. The second kappa shape index (κ2) is 8.74. The number of hydrogen-bond donors (Lipinski definition) is 0. The number of hydrogen-bond acceptors (Lipinski definition) is 6. The lowest BCUT2D eigenvalue weighted by Gasteiger charge is -2.41. The van der Waals surface area contributed by atoms with Gasteiger partial charge in [0.25, 0.3) is 8.45 Å². The molecule has 1 rings (SSSR count). The third-order valence-corrected chi connectivity index (χ3v) is 12.6. The summed E-state index contributed by atoms with van der Waals surface area (Å²) in [6, 6.07) is 0. The minimum atomic E-state index is -2.90. The SMILES string of the molecule is CC(C)OP1N=P(OC(C)C)(OC(C)C)N(Cl)P(Cl)N1Cl. The topological polar surface area (TPSA) is 46.5 Å². The van der Waals surface area contributed by atoms with E-state index < -0.39 is 23.7 Å². The first kappa shape index (κ1) is 20.8. The van der Waals surface area contributed by atoms with E-state index in [4.69, 9.17) is 48.4 Å². The molecule has 0 saturated heterocycles. The van der Waals surface area contributed by atoms with Crippen molar-refractivity contribution in [3.8, 4) is 0 Å². The fraction of sp³-hybridized carbons (Fsp3) is 1.00. The molecule has 12 heteroatoms. The highest BCUT2D eigenvalue weighted by atomic mass is 35.7. The maximum absolute atomic E-state index is 6.34. The van der Waals surface area contributed by atoms with Gasteiger partial charge in [0, 0.05) is 0 Å². The summed E-state index contributed by atoms with van der Waals surface area (Å²) in [6.07, 6.45) is -0.303. The molecule has 0 aromatic heterocycles. The van der Waals surface area contributed by atoms with Gasteiger partial charge < -0.3 is 13.6 Å². The summed E-state index contributed by atoms with van der Waals surface area (Å²) in [7, 11) is -5.95. The third kappa shape index (κ3) is 5.66. The molecule has 0 saturated carbocycles. The van der Waals surface area contributed by atoms with E-state index in [1.165, 1.54) is 7.92 Å². The molecule has 0 bridgehead atoms. The Balaban J connectivity index is 3.26. The molecular weight excluding hydrogens is 397 g/mol. The molecule has 6 nitrogen and oxygen atoms in total. The van der Waals surface area contributed by atoms with Gasteiger partial charge in [-0.2, -0.15) is 4.52 Å². The predicted molar refractivity (Wildman–Crippen MR) is 93.1 cm³/mol. The zero-order valence-electron chi connectivity index (χ0n) is 12.8. The van der Waals surface area contributed by atoms with Crippen molar-refractivity contribution in [3.63, 3.8) is 0 Å². The molecule has 2 unspecified atom stereocenters. The van der Waals surface area contributed by atoms with Crippen molar-refractivity contribution < 1.29 is 13.6 Å². The third-order valence-electron chi connectivity index (χ3n) is 1.81. The molecular formula is C9H21Cl3N3O3P3. The number of halogens is 3. The van der Waals surface area contributed by atoms with E-state index in [9.17, 15) is 0 Å². The van der Waals surface area contributed by atoms with Crippen LogP contribution < -0.4 is 0 Å². The Hall–Kier alpha value is 1.76. The van der Waals surface area contributed by atoms with Crippen molar-refractivity contribution in [2.45, 2.75) is 59.9 Å². The standard InChI is InChI=1S/C9H21Cl3N3O3P3/c1-7(2)16-20-13-21(17-8(3)4,18-9(5)6)15(11)19(12)14(20)10/h7-9H,1-6H3. The molecule has 0 aromatic carbocycles. The van der Waals surface area contributed by atoms with Gasteiger partial charge in [-0.3, -0.25) is 0 Å². The van der Waals surface area contributed by atoms with E-state index in [0.29, 0.717) is 0 Å². The molecule has 0 aliphatic carbocycles. The molecule has 1 aliphatic rings. The van der Waals surface area contributed by atoms with Crippen molar-refractivity contribution in [1.29, 1.82) is 0 Å². The van der Waals surface area contributed by atoms with Crippen LogP contribution in [0.2, 0.25) is 0 Å². The van der Waals surface area contributed by atoms with Crippen molar-refractivity contribution in [3.05, 3.63) is 0 Å². The first-order valence-electron chi connectivity index (χ1n) is 6.43. The van der Waals surface area contributed by atoms with Gasteiger partial charge in [-0.1, -0.05) is 15.2 Å². The summed E-state index contributed by atoms with van der Waals surface area (Å²) < 4.78 is 24.8. The van der Waals surface area contributed by atoms with E-state index in [1.807, 2.05) is 41.5 Å². The highest BCUT2D eigenvalue weighted by Gasteiger charge is 2.48. The lowest BCUT2D eigenvalue weighted by atomic mass is 10.5. The predicted octanol–water partition coefficient (Wildman–Crippen LogP) is 6.83. The average Bonchev–Trinajstić information content (AvgIpc) is 2.31. The van der Waals surface area contributed by atoms with Gasteiger partial charge in [0.2, 0.25) is 0 Å². The van der Waals surface area contributed by atoms with Crippen LogP contribution in [0.4, 0.5) is 0 Å². The molecule has 0 fully saturated rings. The molecule has 1 heterocycles.